The van der Waals surface area contributed by atoms with Crippen molar-refractivity contribution < 1.29 is 4.79 Å². The molecule has 5 nitrogen and oxygen atoms in total. The Bertz CT molecular complexity index is 1170. The summed E-state index contributed by atoms with van der Waals surface area (Å²) in [4.78, 5) is 21.7. The number of amides is 1. The fourth-order valence-electron chi connectivity index (χ4n) is 3.91. The number of aromatic nitrogens is 2. The van der Waals surface area contributed by atoms with Crippen LogP contribution < -0.4 is 5.32 Å². The monoisotopic (exact) mass is 432 g/mol. The van der Waals surface area contributed by atoms with Crippen LogP contribution in [0.2, 0.25) is 0 Å². The molecular weight excluding hydrogens is 404 g/mol. The summed E-state index contributed by atoms with van der Waals surface area (Å²) in [6, 6.07) is 16.5. The van der Waals surface area contributed by atoms with E-state index in [2.05, 4.69) is 59.5 Å². The van der Waals surface area contributed by atoms with E-state index < -0.39 is 0 Å². The van der Waals surface area contributed by atoms with Crippen LogP contribution in [0.25, 0.3) is 15.9 Å². The highest BCUT2D eigenvalue weighted by Gasteiger charge is 2.21. The highest BCUT2D eigenvalue weighted by atomic mass is 32.1. The van der Waals surface area contributed by atoms with Crippen LogP contribution in [0.15, 0.2) is 60.9 Å². The van der Waals surface area contributed by atoms with Crippen molar-refractivity contribution >= 4 is 27.5 Å². The number of nitrogens with zero attached hydrogens (tertiary/aromatic N) is 3. The number of hydrogen-bond donors (Lipinski definition) is 1. The lowest BCUT2D eigenvalue weighted by atomic mass is 10.1. The van der Waals surface area contributed by atoms with Gasteiger partial charge < -0.3 is 14.8 Å². The third-order valence-electron chi connectivity index (χ3n) is 5.33. The molecule has 4 aromatic rings. The number of nitrogens with one attached hydrogen (secondary N) is 1. The van der Waals surface area contributed by atoms with Gasteiger partial charge in [0.2, 0.25) is 0 Å². The third-order valence-corrected chi connectivity index (χ3v) is 6.40. The zero-order valence-corrected chi connectivity index (χ0v) is 19.1. The number of hydrogen-bond acceptors (Lipinski definition) is 4. The molecule has 0 aliphatic rings. The van der Waals surface area contributed by atoms with Gasteiger partial charge in [-0.2, -0.15) is 0 Å². The normalized spacial score (nSPS) is 11.4. The fraction of sp³-hybridized carbons (Fsp3) is 0.280. The summed E-state index contributed by atoms with van der Waals surface area (Å²) in [5.74, 6) is -0.0329. The number of fused-ring (bicyclic) bond motifs is 1. The molecule has 3 heterocycles. The molecule has 160 valence electrons. The van der Waals surface area contributed by atoms with Gasteiger partial charge in [0.25, 0.3) is 5.91 Å². The van der Waals surface area contributed by atoms with Gasteiger partial charge in [-0.05, 0) is 63.2 Å². The Labute approximate surface area is 187 Å². The van der Waals surface area contributed by atoms with E-state index in [9.17, 15) is 4.79 Å². The lowest BCUT2D eigenvalue weighted by Crippen LogP contribution is -2.28. The Morgan fingerprint density at radius 1 is 1.13 bits per heavy atom. The Hall–Kier alpha value is -2.96. The van der Waals surface area contributed by atoms with Crippen molar-refractivity contribution in [3.05, 3.63) is 82.6 Å². The van der Waals surface area contributed by atoms with Crippen LogP contribution >= 0.6 is 11.3 Å². The summed E-state index contributed by atoms with van der Waals surface area (Å²) in [5.41, 5.74) is 4.34. The van der Waals surface area contributed by atoms with Gasteiger partial charge in [-0.3, -0.25) is 4.79 Å². The lowest BCUT2D eigenvalue weighted by molar-refractivity contribution is 0.0956. The molecule has 0 radical (unpaired) electrons. The summed E-state index contributed by atoms with van der Waals surface area (Å²) in [6.07, 6.45) is 4.86. The molecule has 0 aliphatic carbocycles. The van der Waals surface area contributed by atoms with Crippen LogP contribution in [0.1, 0.15) is 32.9 Å². The lowest BCUT2D eigenvalue weighted by Gasteiger charge is -2.16. The van der Waals surface area contributed by atoms with E-state index in [1.807, 2.05) is 42.1 Å². The first kappa shape index (κ1) is 21.3. The standard InChI is InChI=1S/C25H28N4OS/c1-18-16-19(2)27-25-21(18)22(29-14-7-8-15-29)23(31-25)24(30)26-12-9-13-28(3)17-20-10-5-4-6-11-20/h4-8,10-11,14-16H,9,12-13,17H2,1-3H3,(H,26,30). The van der Waals surface area contributed by atoms with Crippen molar-refractivity contribution in [1.29, 1.82) is 0 Å². The van der Waals surface area contributed by atoms with Crippen LogP contribution in [-0.4, -0.2) is 40.5 Å². The van der Waals surface area contributed by atoms with Crippen LogP contribution in [-0.2, 0) is 6.54 Å². The second-order valence-corrected chi connectivity index (χ2v) is 8.96. The van der Waals surface area contributed by atoms with Gasteiger partial charge in [0.1, 0.15) is 9.71 Å². The molecule has 3 aromatic heterocycles. The average Bonchev–Trinajstić information content (AvgIpc) is 3.39. The Morgan fingerprint density at radius 2 is 1.87 bits per heavy atom. The molecule has 1 aromatic carbocycles. The van der Waals surface area contributed by atoms with Gasteiger partial charge in [-0.25, -0.2) is 4.98 Å². The number of aryl methyl sites for hydroxylation is 2. The van der Waals surface area contributed by atoms with Crippen LogP contribution in [0.5, 0.6) is 0 Å². The first-order valence-corrected chi connectivity index (χ1v) is 11.4. The molecule has 0 atom stereocenters. The summed E-state index contributed by atoms with van der Waals surface area (Å²) in [6.45, 7) is 6.55. The number of pyridine rings is 1. The van der Waals surface area contributed by atoms with E-state index in [1.165, 1.54) is 16.9 Å². The zero-order chi connectivity index (χ0) is 21.8. The van der Waals surface area contributed by atoms with Gasteiger partial charge in [0.15, 0.2) is 0 Å². The molecule has 0 saturated carbocycles. The largest absolute Gasteiger partial charge is 0.351 e. The SMILES string of the molecule is Cc1cc(C)c2c(-n3cccc3)c(C(=O)NCCCN(C)Cc3ccccc3)sc2n1. The predicted octanol–water partition coefficient (Wildman–Crippen LogP) is 4.96. The number of benzene rings is 1. The van der Waals surface area contributed by atoms with Gasteiger partial charge >= 0.3 is 0 Å². The summed E-state index contributed by atoms with van der Waals surface area (Å²) >= 11 is 1.47. The fourth-order valence-corrected chi connectivity index (χ4v) is 5.12. The van der Waals surface area contributed by atoms with Gasteiger partial charge in [-0.1, -0.05) is 30.3 Å². The van der Waals surface area contributed by atoms with E-state index >= 15 is 0 Å². The molecule has 1 amide bonds. The third kappa shape index (κ3) is 4.86. The molecule has 0 bridgehead atoms. The second-order valence-electron chi connectivity index (χ2n) is 7.96. The first-order valence-electron chi connectivity index (χ1n) is 10.6. The Balaban J connectivity index is 1.44. The van der Waals surface area contributed by atoms with E-state index in [4.69, 9.17) is 0 Å². The molecule has 1 N–H and O–H groups in total. The Morgan fingerprint density at radius 3 is 2.61 bits per heavy atom. The van der Waals surface area contributed by atoms with Crippen LogP contribution in [0, 0.1) is 13.8 Å². The van der Waals surface area contributed by atoms with Crippen LogP contribution in [0.3, 0.4) is 0 Å². The highest BCUT2D eigenvalue weighted by molar-refractivity contribution is 7.21. The minimum atomic E-state index is -0.0329. The van der Waals surface area contributed by atoms with Crippen LogP contribution in [0.4, 0.5) is 0 Å². The van der Waals surface area contributed by atoms with Crippen molar-refractivity contribution in [2.45, 2.75) is 26.8 Å². The van der Waals surface area contributed by atoms with Crippen molar-refractivity contribution in [2.75, 3.05) is 20.1 Å². The van der Waals surface area contributed by atoms with Crippen molar-refractivity contribution in [2.24, 2.45) is 0 Å². The molecule has 4 rings (SSSR count). The van der Waals surface area contributed by atoms with Crippen molar-refractivity contribution in [3.63, 3.8) is 0 Å². The molecule has 0 aliphatic heterocycles. The smallest absolute Gasteiger partial charge is 0.263 e. The molecular formula is C25H28N4OS. The van der Waals surface area contributed by atoms with Gasteiger partial charge in [-0.15, -0.1) is 11.3 Å². The Kier molecular flexibility index (Phi) is 6.49. The zero-order valence-electron chi connectivity index (χ0n) is 18.3. The molecule has 0 fully saturated rings. The van der Waals surface area contributed by atoms with Gasteiger partial charge in [0, 0.05) is 36.6 Å². The van der Waals surface area contributed by atoms with E-state index in [0.29, 0.717) is 11.4 Å². The number of carbonyl (C=O) groups is 1. The highest BCUT2D eigenvalue weighted by Crippen LogP contribution is 2.35. The first-order chi connectivity index (χ1) is 15.0. The van der Waals surface area contributed by atoms with Crippen molar-refractivity contribution in [1.82, 2.24) is 19.8 Å². The quantitative estimate of drug-likeness (QED) is 0.401. The average molecular weight is 433 g/mol. The van der Waals surface area contributed by atoms with Crippen molar-refractivity contribution in [3.8, 4) is 5.69 Å². The molecule has 31 heavy (non-hydrogen) atoms. The number of carbonyl (C=O) groups excluding carboxylic acids is 1. The minimum absolute atomic E-state index is 0.0329. The number of thiophene rings is 1. The second kappa shape index (κ2) is 9.45. The maximum absolute atomic E-state index is 13.1. The van der Waals surface area contributed by atoms with E-state index in [-0.39, 0.29) is 5.91 Å². The summed E-state index contributed by atoms with van der Waals surface area (Å²) < 4.78 is 2.02. The van der Waals surface area contributed by atoms with E-state index in [1.54, 1.807) is 0 Å². The predicted molar refractivity (Wildman–Crippen MR) is 128 cm³/mol. The molecule has 6 heteroatoms. The summed E-state index contributed by atoms with van der Waals surface area (Å²) in [5, 5.41) is 4.17. The summed E-state index contributed by atoms with van der Waals surface area (Å²) in [7, 11) is 2.11. The molecule has 0 unspecified atom stereocenters. The minimum Gasteiger partial charge on any atom is -0.351 e. The van der Waals surface area contributed by atoms with E-state index in [0.717, 1.165) is 46.7 Å². The molecule has 0 spiro atoms. The van der Waals surface area contributed by atoms with Gasteiger partial charge in [0.05, 0.1) is 5.69 Å². The molecule has 0 saturated heterocycles. The topological polar surface area (TPSA) is 50.2 Å². The maximum Gasteiger partial charge on any atom is 0.263 e. The maximum atomic E-state index is 13.1. The number of rotatable bonds is 8.